The molecule has 0 heterocycles. The molecule has 1 saturated carbocycles. The molecule has 0 spiro atoms. The third-order valence-electron chi connectivity index (χ3n) is 3.72. The molecule has 1 aliphatic carbocycles. The molecule has 0 saturated heterocycles. The molecular weight excluding hydrogens is 338 g/mol. The zero-order valence-corrected chi connectivity index (χ0v) is 14.8. The topological polar surface area (TPSA) is 101 Å². The van der Waals surface area contributed by atoms with Gasteiger partial charge in [0, 0.05) is 17.6 Å². The SMILES string of the molecule is CCCS(=O)(=O)Nc1cccc(NC(=O)C2CCC(N)C2)c1.Cl. The summed E-state index contributed by atoms with van der Waals surface area (Å²) in [4.78, 5) is 12.2. The van der Waals surface area contributed by atoms with E-state index in [0.717, 1.165) is 12.8 Å². The number of hydrogen-bond donors (Lipinski definition) is 3. The van der Waals surface area contributed by atoms with Gasteiger partial charge in [0.1, 0.15) is 0 Å². The van der Waals surface area contributed by atoms with Gasteiger partial charge in [0.05, 0.1) is 11.4 Å². The van der Waals surface area contributed by atoms with Crippen LogP contribution in [0, 0.1) is 5.92 Å². The van der Waals surface area contributed by atoms with E-state index in [0.29, 0.717) is 24.2 Å². The number of benzene rings is 1. The number of rotatable bonds is 6. The zero-order valence-electron chi connectivity index (χ0n) is 13.1. The Balaban J connectivity index is 0.00000264. The quantitative estimate of drug-likeness (QED) is 0.723. The van der Waals surface area contributed by atoms with Crippen molar-refractivity contribution in [2.24, 2.45) is 11.7 Å². The fourth-order valence-electron chi connectivity index (χ4n) is 2.66. The summed E-state index contributed by atoms with van der Waals surface area (Å²) >= 11 is 0. The van der Waals surface area contributed by atoms with Crippen molar-refractivity contribution in [3.8, 4) is 0 Å². The second-order valence-electron chi connectivity index (χ2n) is 5.76. The van der Waals surface area contributed by atoms with Crippen LogP contribution >= 0.6 is 12.4 Å². The van der Waals surface area contributed by atoms with Gasteiger partial charge in [0.15, 0.2) is 0 Å². The Morgan fingerprint density at radius 1 is 1.30 bits per heavy atom. The van der Waals surface area contributed by atoms with Crippen LogP contribution in [-0.4, -0.2) is 26.1 Å². The Morgan fingerprint density at radius 3 is 2.61 bits per heavy atom. The second kappa shape index (κ2) is 8.52. The van der Waals surface area contributed by atoms with Crippen LogP contribution in [0.25, 0.3) is 0 Å². The number of halogens is 1. The average molecular weight is 362 g/mol. The molecule has 2 atom stereocenters. The number of hydrogen-bond acceptors (Lipinski definition) is 4. The first-order valence-electron chi connectivity index (χ1n) is 7.56. The van der Waals surface area contributed by atoms with E-state index in [4.69, 9.17) is 5.73 Å². The van der Waals surface area contributed by atoms with Crippen LogP contribution in [0.3, 0.4) is 0 Å². The largest absolute Gasteiger partial charge is 0.328 e. The second-order valence-corrected chi connectivity index (χ2v) is 7.60. The fourth-order valence-corrected chi connectivity index (χ4v) is 3.78. The molecule has 8 heteroatoms. The summed E-state index contributed by atoms with van der Waals surface area (Å²) in [6.07, 6.45) is 2.92. The molecule has 1 aliphatic rings. The van der Waals surface area contributed by atoms with E-state index in [1.807, 2.05) is 6.92 Å². The lowest BCUT2D eigenvalue weighted by molar-refractivity contribution is -0.119. The number of anilines is 2. The van der Waals surface area contributed by atoms with Crippen LogP contribution in [0.1, 0.15) is 32.6 Å². The van der Waals surface area contributed by atoms with Gasteiger partial charge in [-0.3, -0.25) is 9.52 Å². The molecule has 0 radical (unpaired) electrons. The van der Waals surface area contributed by atoms with Crippen LogP contribution < -0.4 is 15.8 Å². The molecular formula is C15H24ClN3O3S. The Labute approximate surface area is 143 Å². The zero-order chi connectivity index (χ0) is 16.2. The van der Waals surface area contributed by atoms with Crippen molar-refractivity contribution in [3.05, 3.63) is 24.3 Å². The molecule has 1 aromatic rings. The lowest BCUT2D eigenvalue weighted by Crippen LogP contribution is -2.23. The van der Waals surface area contributed by atoms with Crippen LogP contribution in [0.2, 0.25) is 0 Å². The van der Waals surface area contributed by atoms with Crippen LogP contribution in [0.4, 0.5) is 11.4 Å². The Kier molecular flexibility index (Phi) is 7.31. The van der Waals surface area contributed by atoms with Gasteiger partial charge in [0.25, 0.3) is 0 Å². The fraction of sp³-hybridized carbons (Fsp3) is 0.533. The summed E-state index contributed by atoms with van der Waals surface area (Å²) < 4.78 is 26.0. The molecule has 6 nitrogen and oxygen atoms in total. The van der Waals surface area contributed by atoms with E-state index in [1.54, 1.807) is 24.3 Å². The highest BCUT2D eigenvalue weighted by atomic mass is 35.5. The smallest absolute Gasteiger partial charge is 0.232 e. The first-order valence-corrected chi connectivity index (χ1v) is 9.22. The van der Waals surface area contributed by atoms with Crippen molar-refractivity contribution < 1.29 is 13.2 Å². The predicted molar refractivity (Wildman–Crippen MR) is 95.3 cm³/mol. The lowest BCUT2D eigenvalue weighted by atomic mass is 10.1. The Bertz CT molecular complexity index is 637. The summed E-state index contributed by atoms with van der Waals surface area (Å²) in [7, 11) is -3.33. The van der Waals surface area contributed by atoms with Crippen molar-refractivity contribution in [2.45, 2.75) is 38.6 Å². The molecule has 1 fully saturated rings. The van der Waals surface area contributed by atoms with Crippen molar-refractivity contribution in [2.75, 3.05) is 15.8 Å². The van der Waals surface area contributed by atoms with E-state index in [1.165, 1.54) is 0 Å². The number of carbonyl (C=O) groups excluding carboxylic acids is 1. The minimum absolute atomic E-state index is 0. The van der Waals surface area contributed by atoms with Crippen molar-refractivity contribution in [3.63, 3.8) is 0 Å². The molecule has 0 bridgehead atoms. The third-order valence-corrected chi connectivity index (χ3v) is 5.21. The Hall–Kier alpha value is -1.31. The Morgan fingerprint density at radius 2 is 2.00 bits per heavy atom. The van der Waals surface area contributed by atoms with E-state index in [9.17, 15) is 13.2 Å². The van der Waals surface area contributed by atoms with Crippen LogP contribution in [0.5, 0.6) is 0 Å². The molecule has 23 heavy (non-hydrogen) atoms. The molecule has 1 amide bonds. The molecule has 1 aromatic carbocycles. The van der Waals surface area contributed by atoms with Gasteiger partial charge in [-0.1, -0.05) is 13.0 Å². The standard InChI is InChI=1S/C15H23N3O3S.ClH/c1-2-8-22(20,21)18-14-5-3-4-13(10-14)17-15(19)11-6-7-12(16)9-11;/h3-5,10-12,18H,2,6-9,16H2,1H3,(H,17,19);1H. The monoisotopic (exact) mass is 361 g/mol. The number of sulfonamides is 1. The lowest BCUT2D eigenvalue weighted by Gasteiger charge is -2.12. The summed E-state index contributed by atoms with van der Waals surface area (Å²) in [5.74, 6) is -0.0410. The van der Waals surface area contributed by atoms with E-state index < -0.39 is 10.0 Å². The molecule has 0 aromatic heterocycles. The highest BCUT2D eigenvalue weighted by molar-refractivity contribution is 7.92. The molecule has 0 aliphatic heterocycles. The van der Waals surface area contributed by atoms with Gasteiger partial charge < -0.3 is 11.1 Å². The van der Waals surface area contributed by atoms with Gasteiger partial charge >= 0.3 is 0 Å². The van der Waals surface area contributed by atoms with Gasteiger partial charge in [-0.25, -0.2) is 8.42 Å². The van der Waals surface area contributed by atoms with Crippen molar-refractivity contribution >= 4 is 39.7 Å². The molecule has 4 N–H and O–H groups in total. The molecule has 2 rings (SSSR count). The number of amides is 1. The number of carbonyl (C=O) groups is 1. The number of nitrogens with two attached hydrogens (primary N) is 1. The maximum Gasteiger partial charge on any atom is 0.232 e. The first kappa shape index (κ1) is 19.7. The predicted octanol–water partition coefficient (Wildman–Crippen LogP) is 2.33. The van der Waals surface area contributed by atoms with Crippen molar-refractivity contribution in [1.29, 1.82) is 0 Å². The first-order chi connectivity index (χ1) is 10.4. The summed E-state index contributed by atoms with van der Waals surface area (Å²) in [6.45, 7) is 1.81. The van der Waals surface area contributed by atoms with Crippen LogP contribution in [0.15, 0.2) is 24.3 Å². The highest BCUT2D eigenvalue weighted by Gasteiger charge is 2.27. The average Bonchev–Trinajstić information content (AvgIpc) is 2.85. The van der Waals surface area contributed by atoms with Gasteiger partial charge in [0.2, 0.25) is 15.9 Å². The van der Waals surface area contributed by atoms with Gasteiger partial charge in [-0.2, -0.15) is 0 Å². The normalized spacial score (nSPS) is 20.6. The number of nitrogens with one attached hydrogen (secondary N) is 2. The van der Waals surface area contributed by atoms with E-state index >= 15 is 0 Å². The summed E-state index contributed by atoms with van der Waals surface area (Å²) in [5, 5.41) is 2.83. The maximum atomic E-state index is 12.2. The maximum absolute atomic E-state index is 12.2. The summed E-state index contributed by atoms with van der Waals surface area (Å²) in [6, 6.07) is 6.83. The minimum atomic E-state index is -3.33. The van der Waals surface area contributed by atoms with Gasteiger partial charge in [-0.05, 0) is 43.9 Å². The third kappa shape index (κ3) is 6.01. The molecule has 130 valence electrons. The highest BCUT2D eigenvalue weighted by Crippen LogP contribution is 2.26. The van der Waals surface area contributed by atoms with E-state index in [-0.39, 0.29) is 36.0 Å². The van der Waals surface area contributed by atoms with E-state index in [2.05, 4.69) is 10.0 Å². The molecule has 2 unspecified atom stereocenters. The van der Waals surface area contributed by atoms with Crippen LogP contribution in [-0.2, 0) is 14.8 Å². The summed E-state index contributed by atoms with van der Waals surface area (Å²) in [5.41, 5.74) is 6.86. The van der Waals surface area contributed by atoms with Gasteiger partial charge in [-0.15, -0.1) is 12.4 Å². The van der Waals surface area contributed by atoms with Crippen molar-refractivity contribution in [1.82, 2.24) is 0 Å². The minimum Gasteiger partial charge on any atom is -0.328 e.